The monoisotopic (exact) mass is 219 g/mol. The van der Waals surface area contributed by atoms with E-state index in [1.165, 1.54) is 19.1 Å². The second-order valence-electron chi connectivity index (χ2n) is 3.04. The van der Waals surface area contributed by atoms with E-state index < -0.39 is 5.82 Å². The maximum Gasteiger partial charge on any atom is 0.217 e. The summed E-state index contributed by atoms with van der Waals surface area (Å²) in [5.41, 5.74) is 0.126. The molecule has 1 aromatic carbocycles. The van der Waals surface area contributed by atoms with Gasteiger partial charge in [-0.1, -0.05) is 17.9 Å². The fraction of sp³-hybridized carbons (Fsp3) is 0.167. The van der Waals surface area contributed by atoms with Gasteiger partial charge in [0.25, 0.3) is 0 Å². The topological polar surface area (TPSA) is 46.2 Å². The van der Waals surface area contributed by atoms with E-state index in [9.17, 15) is 14.0 Å². The normalized spacial score (nSPS) is 8.88. The molecule has 0 aliphatic rings. The van der Waals surface area contributed by atoms with Crippen LogP contribution in [0.3, 0.4) is 0 Å². The molecule has 0 fully saturated rings. The molecule has 0 saturated carbocycles. The van der Waals surface area contributed by atoms with E-state index in [0.717, 1.165) is 0 Å². The third kappa shape index (κ3) is 3.21. The van der Waals surface area contributed by atoms with Crippen LogP contribution in [-0.4, -0.2) is 18.7 Å². The molecular formula is C12H10FNO2. The van der Waals surface area contributed by atoms with E-state index in [2.05, 4.69) is 17.2 Å². The fourth-order valence-electron chi connectivity index (χ4n) is 1.05. The second kappa shape index (κ2) is 5.66. The molecule has 16 heavy (non-hydrogen) atoms. The van der Waals surface area contributed by atoms with E-state index in [0.29, 0.717) is 6.29 Å². The van der Waals surface area contributed by atoms with Crippen molar-refractivity contribution in [3.05, 3.63) is 35.1 Å². The summed E-state index contributed by atoms with van der Waals surface area (Å²) >= 11 is 0. The quantitative estimate of drug-likeness (QED) is 0.598. The van der Waals surface area contributed by atoms with Gasteiger partial charge in [0.15, 0.2) is 6.29 Å². The lowest BCUT2D eigenvalue weighted by atomic mass is 10.1. The van der Waals surface area contributed by atoms with Crippen LogP contribution in [0.4, 0.5) is 4.39 Å². The Balaban J connectivity index is 2.81. The van der Waals surface area contributed by atoms with Gasteiger partial charge in [-0.05, 0) is 12.1 Å². The van der Waals surface area contributed by atoms with Crippen LogP contribution in [0.1, 0.15) is 22.8 Å². The Hall–Kier alpha value is -2.15. The Morgan fingerprint density at radius 1 is 1.56 bits per heavy atom. The van der Waals surface area contributed by atoms with E-state index in [1.54, 1.807) is 6.07 Å². The molecule has 0 radical (unpaired) electrons. The SMILES string of the molecule is CC(=O)NCC#Cc1cccc(C=O)c1F. The molecule has 1 aromatic rings. The standard InChI is InChI=1S/C12H10FNO2/c1-9(16)14-7-3-6-10-4-2-5-11(8-15)12(10)13/h2,4-5,8H,7H2,1H3,(H,14,16). The Labute approximate surface area is 92.7 Å². The molecule has 3 nitrogen and oxygen atoms in total. The summed E-state index contributed by atoms with van der Waals surface area (Å²) in [7, 11) is 0. The highest BCUT2D eigenvalue weighted by molar-refractivity contribution is 5.76. The summed E-state index contributed by atoms with van der Waals surface area (Å²) in [6.45, 7) is 1.52. The minimum absolute atomic E-state index is 0.0219. The zero-order valence-corrected chi connectivity index (χ0v) is 8.71. The molecule has 4 heteroatoms. The molecule has 0 atom stereocenters. The van der Waals surface area contributed by atoms with Gasteiger partial charge < -0.3 is 5.32 Å². The summed E-state index contributed by atoms with van der Waals surface area (Å²) in [6, 6.07) is 4.40. The minimum Gasteiger partial charge on any atom is -0.345 e. The zero-order chi connectivity index (χ0) is 12.0. The number of aldehydes is 1. The van der Waals surface area contributed by atoms with E-state index in [4.69, 9.17) is 0 Å². The lowest BCUT2D eigenvalue weighted by Gasteiger charge is -1.96. The van der Waals surface area contributed by atoms with Crippen molar-refractivity contribution in [2.75, 3.05) is 6.54 Å². The number of benzene rings is 1. The van der Waals surface area contributed by atoms with Crippen molar-refractivity contribution in [3.8, 4) is 11.8 Å². The van der Waals surface area contributed by atoms with Crippen LogP contribution >= 0.6 is 0 Å². The third-order valence-corrected chi connectivity index (χ3v) is 1.80. The van der Waals surface area contributed by atoms with Crippen LogP contribution in [0.5, 0.6) is 0 Å². The van der Waals surface area contributed by atoms with Gasteiger partial charge in [-0.2, -0.15) is 0 Å². The number of hydrogen-bond donors (Lipinski definition) is 1. The first kappa shape index (κ1) is 11.9. The van der Waals surface area contributed by atoms with Crippen molar-refractivity contribution in [1.82, 2.24) is 5.32 Å². The van der Waals surface area contributed by atoms with Crippen LogP contribution in [0.2, 0.25) is 0 Å². The molecule has 1 N–H and O–H groups in total. The number of nitrogens with one attached hydrogen (secondary N) is 1. The van der Waals surface area contributed by atoms with E-state index in [1.807, 2.05) is 0 Å². The summed E-state index contributed by atoms with van der Waals surface area (Å²) in [4.78, 5) is 21.0. The van der Waals surface area contributed by atoms with Crippen LogP contribution in [0, 0.1) is 17.7 Å². The first-order chi connectivity index (χ1) is 7.65. The molecule has 0 spiro atoms. The van der Waals surface area contributed by atoms with E-state index >= 15 is 0 Å². The van der Waals surface area contributed by atoms with Crippen LogP contribution in [-0.2, 0) is 4.79 Å². The number of carbonyl (C=O) groups is 2. The highest BCUT2D eigenvalue weighted by Gasteiger charge is 2.03. The van der Waals surface area contributed by atoms with Gasteiger partial charge in [-0.3, -0.25) is 9.59 Å². The van der Waals surface area contributed by atoms with Gasteiger partial charge in [0, 0.05) is 6.92 Å². The van der Waals surface area contributed by atoms with Gasteiger partial charge in [-0.15, -0.1) is 0 Å². The molecule has 0 aliphatic heterocycles. The summed E-state index contributed by atoms with van der Waals surface area (Å²) in [6.07, 6.45) is 0.439. The average Bonchev–Trinajstić information content (AvgIpc) is 2.26. The smallest absolute Gasteiger partial charge is 0.217 e. The molecule has 0 heterocycles. The molecule has 1 amide bonds. The number of carbonyl (C=O) groups excluding carboxylic acids is 2. The van der Waals surface area contributed by atoms with Crippen LogP contribution in [0.15, 0.2) is 18.2 Å². The third-order valence-electron chi connectivity index (χ3n) is 1.80. The van der Waals surface area contributed by atoms with Crippen molar-refractivity contribution < 1.29 is 14.0 Å². The Morgan fingerprint density at radius 3 is 2.94 bits per heavy atom. The molecule has 0 bridgehead atoms. The van der Waals surface area contributed by atoms with E-state index in [-0.39, 0.29) is 23.6 Å². The zero-order valence-electron chi connectivity index (χ0n) is 8.71. The van der Waals surface area contributed by atoms with Gasteiger partial charge in [0.05, 0.1) is 17.7 Å². The van der Waals surface area contributed by atoms with Crippen LogP contribution < -0.4 is 5.32 Å². The highest BCUT2D eigenvalue weighted by atomic mass is 19.1. The van der Waals surface area contributed by atoms with Crippen molar-refractivity contribution in [2.24, 2.45) is 0 Å². The minimum atomic E-state index is -0.632. The lowest BCUT2D eigenvalue weighted by molar-refractivity contribution is -0.118. The molecule has 1 rings (SSSR count). The number of rotatable bonds is 2. The first-order valence-corrected chi connectivity index (χ1v) is 4.62. The van der Waals surface area contributed by atoms with Gasteiger partial charge in [0.1, 0.15) is 5.82 Å². The summed E-state index contributed by atoms with van der Waals surface area (Å²) < 4.78 is 13.4. The molecule has 0 aliphatic carbocycles. The Bertz CT molecular complexity index is 472. The molecular weight excluding hydrogens is 209 g/mol. The second-order valence-corrected chi connectivity index (χ2v) is 3.04. The fourth-order valence-corrected chi connectivity index (χ4v) is 1.05. The summed E-state index contributed by atoms with van der Waals surface area (Å²) in [5.74, 6) is 4.30. The largest absolute Gasteiger partial charge is 0.345 e. The predicted octanol–water partition coefficient (Wildman–Crippen LogP) is 1.13. The first-order valence-electron chi connectivity index (χ1n) is 4.62. The maximum absolute atomic E-state index is 13.4. The predicted molar refractivity (Wildman–Crippen MR) is 57.3 cm³/mol. The molecule has 0 aromatic heterocycles. The van der Waals surface area contributed by atoms with Crippen LogP contribution in [0.25, 0.3) is 0 Å². The summed E-state index contributed by atoms with van der Waals surface area (Å²) in [5, 5.41) is 2.46. The highest BCUT2D eigenvalue weighted by Crippen LogP contribution is 2.09. The lowest BCUT2D eigenvalue weighted by Crippen LogP contribution is -2.19. The van der Waals surface area contributed by atoms with Gasteiger partial charge in [-0.25, -0.2) is 4.39 Å². The average molecular weight is 219 g/mol. The molecule has 82 valence electrons. The van der Waals surface area contributed by atoms with Gasteiger partial charge in [0.2, 0.25) is 5.91 Å². The maximum atomic E-state index is 13.4. The number of amides is 1. The van der Waals surface area contributed by atoms with Crippen molar-refractivity contribution in [2.45, 2.75) is 6.92 Å². The van der Waals surface area contributed by atoms with Crippen molar-refractivity contribution in [1.29, 1.82) is 0 Å². The van der Waals surface area contributed by atoms with Gasteiger partial charge >= 0.3 is 0 Å². The van der Waals surface area contributed by atoms with Crippen molar-refractivity contribution >= 4 is 12.2 Å². The Morgan fingerprint density at radius 2 is 2.31 bits per heavy atom. The number of halogens is 1. The van der Waals surface area contributed by atoms with Crippen molar-refractivity contribution in [3.63, 3.8) is 0 Å². The molecule has 0 saturated heterocycles. The number of hydrogen-bond acceptors (Lipinski definition) is 2. The molecule has 0 unspecified atom stereocenters. The Kier molecular flexibility index (Phi) is 4.22.